The zero-order chi connectivity index (χ0) is 20.4. The minimum absolute atomic E-state index is 0.0117. The number of nitrogens with one attached hydrogen (secondary N) is 1. The molecule has 3 heterocycles. The van der Waals surface area contributed by atoms with E-state index in [-0.39, 0.29) is 5.91 Å². The average molecular weight is 429 g/mol. The molecule has 0 spiro atoms. The van der Waals surface area contributed by atoms with Crippen LogP contribution < -0.4 is 10.1 Å². The lowest BCUT2D eigenvalue weighted by atomic mass is 10.1. The van der Waals surface area contributed by atoms with E-state index >= 15 is 0 Å². The van der Waals surface area contributed by atoms with Gasteiger partial charge in [-0.25, -0.2) is 9.97 Å². The first kappa shape index (κ1) is 20.0. The van der Waals surface area contributed by atoms with Gasteiger partial charge >= 0.3 is 0 Å². The van der Waals surface area contributed by atoms with Crippen molar-refractivity contribution >= 4 is 33.7 Å². The zero-order valence-corrected chi connectivity index (χ0v) is 18.5. The SMILES string of the molecule is CCc1nc(NC(=O)CN2CCc3nc(-c4cccc(OC)c4)sc3C2)sc1C. The molecule has 2 aromatic heterocycles. The largest absolute Gasteiger partial charge is 0.497 e. The molecule has 8 heteroatoms. The Bertz CT molecular complexity index is 1030. The number of methoxy groups -OCH3 is 1. The quantitative estimate of drug-likeness (QED) is 0.639. The fourth-order valence-electron chi connectivity index (χ4n) is 3.43. The number of amides is 1. The Kier molecular flexibility index (Phi) is 5.94. The molecule has 0 aliphatic carbocycles. The molecule has 4 rings (SSSR count). The molecule has 1 aromatic carbocycles. The van der Waals surface area contributed by atoms with E-state index in [0.29, 0.717) is 11.7 Å². The molecule has 6 nitrogen and oxygen atoms in total. The van der Waals surface area contributed by atoms with Gasteiger partial charge in [0.15, 0.2) is 5.13 Å². The maximum atomic E-state index is 12.5. The number of benzene rings is 1. The number of aromatic nitrogens is 2. The number of carbonyl (C=O) groups excluding carboxylic acids is 1. The van der Waals surface area contributed by atoms with Gasteiger partial charge in [0.05, 0.1) is 25.0 Å². The number of thiazole rings is 2. The van der Waals surface area contributed by atoms with Gasteiger partial charge in [0.2, 0.25) is 5.91 Å². The Morgan fingerprint density at radius 2 is 2.17 bits per heavy atom. The van der Waals surface area contributed by atoms with Gasteiger partial charge in [0.1, 0.15) is 10.8 Å². The van der Waals surface area contributed by atoms with Crippen LogP contribution in [-0.2, 0) is 24.2 Å². The summed E-state index contributed by atoms with van der Waals surface area (Å²) >= 11 is 3.24. The molecule has 3 aromatic rings. The van der Waals surface area contributed by atoms with Crippen molar-refractivity contribution in [1.29, 1.82) is 0 Å². The number of hydrogen-bond acceptors (Lipinski definition) is 7. The lowest BCUT2D eigenvalue weighted by Crippen LogP contribution is -2.36. The molecule has 0 fully saturated rings. The monoisotopic (exact) mass is 428 g/mol. The van der Waals surface area contributed by atoms with Crippen molar-refractivity contribution in [2.75, 3.05) is 25.5 Å². The number of ether oxygens (including phenoxy) is 1. The summed E-state index contributed by atoms with van der Waals surface area (Å²) in [6.07, 6.45) is 1.74. The highest BCUT2D eigenvalue weighted by Gasteiger charge is 2.23. The van der Waals surface area contributed by atoms with Gasteiger partial charge in [-0.05, 0) is 25.5 Å². The maximum Gasteiger partial charge on any atom is 0.240 e. The first-order valence-corrected chi connectivity index (χ1v) is 11.3. The van der Waals surface area contributed by atoms with Crippen LogP contribution in [0.3, 0.4) is 0 Å². The molecular weight excluding hydrogens is 404 g/mol. The zero-order valence-electron chi connectivity index (χ0n) is 16.8. The maximum absolute atomic E-state index is 12.5. The van der Waals surface area contributed by atoms with Crippen molar-refractivity contribution in [3.63, 3.8) is 0 Å². The molecule has 0 unspecified atom stereocenters. The van der Waals surface area contributed by atoms with Crippen LogP contribution in [-0.4, -0.2) is 41.0 Å². The van der Waals surface area contributed by atoms with Crippen LogP contribution in [0.25, 0.3) is 10.6 Å². The van der Waals surface area contributed by atoms with Gasteiger partial charge < -0.3 is 10.1 Å². The number of rotatable bonds is 6. The summed E-state index contributed by atoms with van der Waals surface area (Å²) in [7, 11) is 1.67. The third-order valence-corrected chi connectivity index (χ3v) is 7.03. The minimum Gasteiger partial charge on any atom is -0.497 e. The van der Waals surface area contributed by atoms with Crippen LogP contribution in [0.1, 0.15) is 28.1 Å². The normalized spacial score (nSPS) is 13.9. The lowest BCUT2D eigenvalue weighted by Gasteiger charge is -2.24. The van der Waals surface area contributed by atoms with E-state index in [0.717, 1.165) is 53.6 Å². The first-order chi connectivity index (χ1) is 14.1. The number of fused-ring (bicyclic) bond motifs is 1. The van der Waals surface area contributed by atoms with Crippen LogP contribution in [0.15, 0.2) is 24.3 Å². The Morgan fingerprint density at radius 1 is 1.31 bits per heavy atom. The molecule has 0 bridgehead atoms. The van der Waals surface area contributed by atoms with E-state index < -0.39 is 0 Å². The standard InChI is InChI=1S/C21H24N4O2S2/c1-4-16-13(2)28-21(23-16)24-19(26)12-25-9-8-17-18(11-25)29-20(22-17)14-6-5-7-15(10-14)27-3/h5-7,10H,4,8-9,11-12H2,1-3H3,(H,23,24,26). The second kappa shape index (κ2) is 8.61. The van der Waals surface area contributed by atoms with Gasteiger partial charge in [-0.15, -0.1) is 22.7 Å². The molecule has 0 saturated heterocycles. The third kappa shape index (κ3) is 4.49. The van der Waals surface area contributed by atoms with Crippen LogP contribution in [0, 0.1) is 6.92 Å². The molecule has 0 saturated carbocycles. The minimum atomic E-state index is -0.0117. The Morgan fingerprint density at radius 3 is 2.93 bits per heavy atom. The fraction of sp³-hybridized carbons (Fsp3) is 0.381. The summed E-state index contributed by atoms with van der Waals surface area (Å²) in [5.74, 6) is 0.819. The Balaban J connectivity index is 1.40. The number of hydrogen-bond donors (Lipinski definition) is 1. The topological polar surface area (TPSA) is 67.4 Å². The van der Waals surface area contributed by atoms with E-state index in [1.165, 1.54) is 9.75 Å². The summed E-state index contributed by atoms with van der Waals surface area (Å²) < 4.78 is 5.32. The van der Waals surface area contributed by atoms with Crippen molar-refractivity contribution in [1.82, 2.24) is 14.9 Å². The van der Waals surface area contributed by atoms with E-state index in [1.54, 1.807) is 29.8 Å². The number of anilines is 1. The van der Waals surface area contributed by atoms with Gasteiger partial charge in [0.25, 0.3) is 0 Å². The predicted octanol–water partition coefficient (Wildman–Crippen LogP) is 4.14. The van der Waals surface area contributed by atoms with Crippen molar-refractivity contribution in [3.8, 4) is 16.3 Å². The highest BCUT2D eigenvalue weighted by Crippen LogP contribution is 2.33. The lowest BCUT2D eigenvalue weighted by molar-refractivity contribution is -0.117. The van der Waals surface area contributed by atoms with Crippen LogP contribution in [0.2, 0.25) is 0 Å². The molecular formula is C21H24N4O2S2. The highest BCUT2D eigenvalue weighted by molar-refractivity contribution is 7.16. The van der Waals surface area contributed by atoms with E-state index in [2.05, 4.69) is 28.2 Å². The third-order valence-electron chi connectivity index (χ3n) is 4.97. The summed E-state index contributed by atoms with van der Waals surface area (Å²) in [6, 6.07) is 7.98. The predicted molar refractivity (Wildman–Crippen MR) is 118 cm³/mol. The molecule has 1 aliphatic heterocycles. The van der Waals surface area contributed by atoms with Crippen LogP contribution in [0.4, 0.5) is 5.13 Å². The number of nitrogens with zero attached hydrogens (tertiary/aromatic N) is 3. The smallest absolute Gasteiger partial charge is 0.240 e. The van der Waals surface area contributed by atoms with E-state index in [9.17, 15) is 4.79 Å². The van der Waals surface area contributed by atoms with E-state index in [1.807, 2.05) is 25.1 Å². The summed E-state index contributed by atoms with van der Waals surface area (Å²) in [5, 5.41) is 4.65. The van der Waals surface area contributed by atoms with Gasteiger partial charge in [-0.1, -0.05) is 19.1 Å². The van der Waals surface area contributed by atoms with Crippen molar-refractivity contribution in [2.45, 2.75) is 33.2 Å². The summed E-state index contributed by atoms with van der Waals surface area (Å²) in [6.45, 7) is 6.07. The molecule has 152 valence electrons. The van der Waals surface area contributed by atoms with E-state index in [4.69, 9.17) is 9.72 Å². The molecule has 29 heavy (non-hydrogen) atoms. The average Bonchev–Trinajstić information content (AvgIpc) is 3.30. The van der Waals surface area contributed by atoms with Crippen molar-refractivity contribution in [3.05, 3.63) is 45.4 Å². The van der Waals surface area contributed by atoms with Gasteiger partial charge in [-0.3, -0.25) is 9.69 Å². The highest BCUT2D eigenvalue weighted by atomic mass is 32.1. The fourth-order valence-corrected chi connectivity index (χ4v) is 5.50. The van der Waals surface area contributed by atoms with Crippen molar-refractivity contribution in [2.24, 2.45) is 0 Å². The number of aryl methyl sites for hydroxylation is 2. The van der Waals surface area contributed by atoms with Gasteiger partial charge in [0, 0.05) is 34.8 Å². The second-order valence-corrected chi connectivity index (χ2v) is 9.29. The first-order valence-electron chi connectivity index (χ1n) is 9.67. The molecule has 1 aliphatic rings. The summed E-state index contributed by atoms with van der Waals surface area (Å²) in [5.41, 5.74) is 3.27. The summed E-state index contributed by atoms with van der Waals surface area (Å²) in [4.78, 5) is 26.4. The van der Waals surface area contributed by atoms with Crippen molar-refractivity contribution < 1.29 is 9.53 Å². The van der Waals surface area contributed by atoms with Crippen LogP contribution >= 0.6 is 22.7 Å². The number of carbonyl (C=O) groups is 1. The Labute approximate surface area is 178 Å². The van der Waals surface area contributed by atoms with Crippen LogP contribution in [0.5, 0.6) is 5.75 Å². The second-order valence-electron chi connectivity index (χ2n) is 7.01. The molecule has 0 atom stereocenters. The molecule has 1 N–H and O–H groups in total. The Hall–Kier alpha value is -2.29. The molecule has 0 radical (unpaired) electrons. The molecule has 1 amide bonds. The van der Waals surface area contributed by atoms with Gasteiger partial charge in [-0.2, -0.15) is 0 Å².